The molecule has 0 radical (unpaired) electrons. The average Bonchev–Trinajstić information content (AvgIpc) is 3.75. The van der Waals surface area contributed by atoms with Gasteiger partial charge in [0.1, 0.15) is 60.3 Å². The lowest BCUT2D eigenvalue weighted by Crippen LogP contribution is -2.38. The van der Waals surface area contributed by atoms with Gasteiger partial charge in [0.15, 0.2) is 29.6 Å². The summed E-state index contributed by atoms with van der Waals surface area (Å²) in [5, 5.41) is 22.3. The van der Waals surface area contributed by atoms with Crippen molar-refractivity contribution in [2.24, 2.45) is 0 Å². The number of rotatable bonds is 2. The molecular weight excluding hydrogens is 644 g/mol. The number of aliphatic hydroxyl groups is 2. The molecular formula is C22H27N9O12P2. The number of hydrogen-bond donors (Lipinski definition) is 6. The molecule has 10 atom stereocenters. The fourth-order valence-corrected chi connectivity index (χ4v) is 7.21. The van der Waals surface area contributed by atoms with E-state index in [-0.39, 0.29) is 22.6 Å². The summed E-state index contributed by atoms with van der Waals surface area (Å²) in [6.07, 6.45) is -7.09. The van der Waals surface area contributed by atoms with Gasteiger partial charge in [-0.15, -0.1) is 0 Å². The molecule has 0 amide bonds. The highest BCUT2D eigenvalue weighted by Gasteiger charge is 2.52. The van der Waals surface area contributed by atoms with E-state index in [1.165, 1.54) is 40.4 Å². The molecule has 2 bridgehead atoms. The maximum atomic E-state index is 13.1. The van der Waals surface area contributed by atoms with E-state index in [1.54, 1.807) is 0 Å². The van der Waals surface area contributed by atoms with Crippen molar-refractivity contribution >= 4 is 49.3 Å². The number of nitrogens with zero attached hydrogens (tertiary/aromatic N) is 7. The van der Waals surface area contributed by atoms with Gasteiger partial charge in [-0.05, 0) is 6.07 Å². The molecule has 3 aliphatic heterocycles. The lowest BCUT2D eigenvalue weighted by Gasteiger charge is -2.26. The molecule has 0 spiro atoms. The van der Waals surface area contributed by atoms with Gasteiger partial charge in [-0.2, -0.15) is 0 Å². The van der Waals surface area contributed by atoms with Crippen molar-refractivity contribution in [3.63, 3.8) is 0 Å². The first-order chi connectivity index (χ1) is 21.4. The highest BCUT2D eigenvalue weighted by atomic mass is 31.2. The Morgan fingerprint density at radius 2 is 1.51 bits per heavy atom. The molecule has 0 saturated carbocycles. The number of pyridine rings is 1. The Balaban J connectivity index is 1.17. The maximum absolute atomic E-state index is 13.1. The molecule has 0 aromatic carbocycles. The Bertz CT molecular complexity index is 1840. The van der Waals surface area contributed by atoms with E-state index in [0.29, 0.717) is 11.2 Å². The number of ether oxygens (including phenoxy) is 3. The Labute approximate surface area is 251 Å². The van der Waals surface area contributed by atoms with Gasteiger partial charge in [0.25, 0.3) is 0 Å². The van der Waals surface area contributed by atoms with Crippen LogP contribution in [0.3, 0.4) is 0 Å². The lowest BCUT2D eigenvalue weighted by atomic mass is 10.1. The minimum absolute atomic E-state index is 0.0680. The number of phosphoric ester groups is 1. The molecule has 7 rings (SSSR count). The Morgan fingerprint density at radius 3 is 2.31 bits per heavy atom. The molecule has 4 unspecified atom stereocenters. The maximum Gasteiger partial charge on any atom is 0.472 e. The summed E-state index contributed by atoms with van der Waals surface area (Å²) in [6, 6.07) is 1.53. The van der Waals surface area contributed by atoms with Gasteiger partial charge < -0.3 is 50.2 Å². The molecule has 7 heterocycles. The zero-order valence-corrected chi connectivity index (χ0v) is 24.7. The van der Waals surface area contributed by atoms with Gasteiger partial charge in [0, 0.05) is 6.20 Å². The van der Waals surface area contributed by atoms with Gasteiger partial charge in [-0.1, -0.05) is 0 Å². The number of fused-ring (bicyclic) bond motifs is 5. The number of aromatic nitrogens is 7. The average molecular weight is 671 g/mol. The zero-order chi connectivity index (χ0) is 31.7. The Morgan fingerprint density at radius 1 is 0.822 bits per heavy atom. The quantitative estimate of drug-likeness (QED) is 0.139. The summed E-state index contributed by atoms with van der Waals surface area (Å²) in [5.74, 6) is 0.0680. The van der Waals surface area contributed by atoms with Gasteiger partial charge in [0.2, 0.25) is 0 Å². The van der Waals surface area contributed by atoms with Crippen LogP contribution in [-0.2, 0) is 36.9 Å². The smallest absolute Gasteiger partial charge is 0.397 e. The van der Waals surface area contributed by atoms with Crippen molar-refractivity contribution in [1.82, 2.24) is 34.1 Å². The minimum atomic E-state index is -5.02. The molecule has 8 N–H and O–H groups in total. The standard InChI is InChI=1S/C22H27N9O12P2/c23-9-1-2-25-19-12(9)28-6-30(19)21-15(33)16-11(42-21)4-39-44(34,35)8-38-17-14(32)10(3-40-45(36,37)43-16)41-22(17)31-7-29-13-18(24)26-5-27-20(13)31/h1-2,5-7,10-11,14-17,21-22,32-33H,3-4,8H2,(H2,23,25)(H,34,35)(H,36,37)(H2,24,26,27)/t10-,11-,14+,15?,16+,17?,21-,22-/m1/s1. The van der Waals surface area contributed by atoms with Crippen molar-refractivity contribution in [2.45, 2.75) is 49.1 Å². The molecule has 23 heteroatoms. The van der Waals surface area contributed by atoms with Gasteiger partial charge in [-0.3, -0.25) is 22.7 Å². The molecule has 45 heavy (non-hydrogen) atoms. The first kappa shape index (κ1) is 30.5. The highest BCUT2D eigenvalue weighted by Crippen LogP contribution is 2.51. The predicted octanol–water partition coefficient (Wildman–Crippen LogP) is -0.987. The van der Waals surface area contributed by atoms with E-state index >= 15 is 0 Å². The topological polar surface area (TPSA) is 297 Å². The van der Waals surface area contributed by atoms with Crippen LogP contribution in [0.2, 0.25) is 0 Å². The van der Waals surface area contributed by atoms with Crippen LogP contribution in [0.4, 0.5) is 11.5 Å². The summed E-state index contributed by atoms with van der Waals surface area (Å²) in [6.45, 7) is -1.40. The number of nitrogen functional groups attached to an aromatic ring is 2. The number of nitrogens with two attached hydrogens (primary N) is 2. The first-order valence-corrected chi connectivity index (χ1v) is 16.6. The summed E-state index contributed by atoms with van der Waals surface area (Å²) in [5.41, 5.74) is 13.1. The Hall–Kier alpha value is -3.17. The first-order valence-electron chi connectivity index (χ1n) is 13.3. The van der Waals surface area contributed by atoms with Crippen molar-refractivity contribution in [3.8, 4) is 0 Å². The highest BCUT2D eigenvalue weighted by molar-refractivity contribution is 7.52. The van der Waals surface area contributed by atoms with Crippen LogP contribution in [0.15, 0.2) is 31.2 Å². The van der Waals surface area contributed by atoms with Gasteiger partial charge >= 0.3 is 15.4 Å². The molecule has 21 nitrogen and oxygen atoms in total. The van der Waals surface area contributed by atoms with E-state index < -0.39 is 84.1 Å². The zero-order valence-electron chi connectivity index (χ0n) is 22.9. The lowest BCUT2D eigenvalue weighted by molar-refractivity contribution is -0.0649. The van der Waals surface area contributed by atoms with Crippen molar-refractivity contribution in [1.29, 1.82) is 0 Å². The predicted molar refractivity (Wildman–Crippen MR) is 148 cm³/mol. The van der Waals surface area contributed by atoms with E-state index in [4.69, 9.17) is 39.2 Å². The summed E-state index contributed by atoms with van der Waals surface area (Å²) in [4.78, 5) is 41.8. The third kappa shape index (κ3) is 5.50. The molecule has 4 aromatic rings. The van der Waals surface area contributed by atoms with Gasteiger partial charge in [-0.25, -0.2) is 29.5 Å². The molecule has 242 valence electrons. The SMILES string of the molecule is Nc1ncnc2c1ncn2[C@@H]1O[C@@H]2COP(=O)(O)O[C@@H]3C(O)[C@H](n4cnc5c(N)ccnc54)O[C@@H]3COP(=O)(O)COC1[C@H]2O. The fourth-order valence-electron chi connectivity index (χ4n) is 5.43. The van der Waals surface area contributed by atoms with Crippen LogP contribution in [0, 0.1) is 0 Å². The molecule has 3 fully saturated rings. The summed E-state index contributed by atoms with van der Waals surface area (Å²) >= 11 is 0. The number of anilines is 2. The van der Waals surface area contributed by atoms with E-state index in [0.717, 1.165) is 0 Å². The van der Waals surface area contributed by atoms with Crippen LogP contribution < -0.4 is 11.5 Å². The van der Waals surface area contributed by atoms with Crippen molar-refractivity contribution in [2.75, 3.05) is 31.0 Å². The number of imidazole rings is 2. The molecule has 4 aromatic heterocycles. The number of hydrogen-bond acceptors (Lipinski definition) is 17. The molecule has 3 aliphatic rings. The minimum Gasteiger partial charge on any atom is -0.397 e. The second-order valence-electron chi connectivity index (χ2n) is 10.4. The number of phosphoric acid groups is 1. The second kappa shape index (κ2) is 11.3. The van der Waals surface area contributed by atoms with Crippen LogP contribution in [0.25, 0.3) is 22.3 Å². The third-order valence-corrected chi connectivity index (χ3v) is 9.59. The second-order valence-corrected chi connectivity index (χ2v) is 13.6. The largest absolute Gasteiger partial charge is 0.472 e. The molecule has 3 saturated heterocycles. The van der Waals surface area contributed by atoms with Crippen LogP contribution in [0.1, 0.15) is 12.5 Å². The molecule has 0 aliphatic carbocycles. The van der Waals surface area contributed by atoms with E-state index in [9.17, 15) is 29.1 Å². The van der Waals surface area contributed by atoms with Crippen LogP contribution in [-0.4, -0.2) is 110 Å². The Kier molecular flexibility index (Phi) is 7.63. The number of aliphatic hydroxyl groups excluding tert-OH is 2. The normalized spacial score (nSPS) is 38.0. The van der Waals surface area contributed by atoms with E-state index in [1.807, 2.05) is 0 Å². The van der Waals surface area contributed by atoms with E-state index in [2.05, 4.69) is 24.9 Å². The van der Waals surface area contributed by atoms with Crippen molar-refractivity contribution in [3.05, 3.63) is 31.2 Å². The van der Waals surface area contributed by atoms with Gasteiger partial charge in [0.05, 0.1) is 31.6 Å². The summed E-state index contributed by atoms with van der Waals surface area (Å²) < 4.78 is 62.1. The summed E-state index contributed by atoms with van der Waals surface area (Å²) in [7, 11) is -9.62. The van der Waals surface area contributed by atoms with Crippen LogP contribution >= 0.6 is 15.4 Å². The third-order valence-electron chi connectivity index (χ3n) is 7.58. The van der Waals surface area contributed by atoms with Crippen molar-refractivity contribution < 1.29 is 56.9 Å². The fraction of sp³-hybridized carbons (Fsp3) is 0.500. The van der Waals surface area contributed by atoms with Crippen LogP contribution in [0.5, 0.6) is 0 Å². The monoisotopic (exact) mass is 671 g/mol.